The lowest BCUT2D eigenvalue weighted by Crippen LogP contribution is -2.31. The molecule has 23 heavy (non-hydrogen) atoms. The molecule has 7 heteroatoms. The molecule has 0 aliphatic rings. The maximum absolute atomic E-state index is 13.1. The van der Waals surface area contributed by atoms with E-state index in [-0.39, 0.29) is 4.90 Å². The number of sulfonamides is 1. The minimum Gasteiger partial charge on any atom is -0.285 e. The molecule has 3 rings (SSSR count). The van der Waals surface area contributed by atoms with Gasteiger partial charge in [-0.25, -0.2) is 8.42 Å². The zero-order valence-electron chi connectivity index (χ0n) is 13.0. The summed E-state index contributed by atoms with van der Waals surface area (Å²) in [4.78, 5) is 0.227. The molecule has 0 aliphatic carbocycles. The maximum atomic E-state index is 13.1. The van der Waals surface area contributed by atoms with E-state index in [1.165, 1.54) is 4.31 Å². The first-order chi connectivity index (χ1) is 11.0. The largest absolute Gasteiger partial charge is 0.285 e. The van der Waals surface area contributed by atoms with Crippen molar-refractivity contribution in [1.29, 1.82) is 0 Å². The summed E-state index contributed by atoms with van der Waals surface area (Å²) in [5.74, 6) is 0.652. The van der Waals surface area contributed by atoms with Crippen molar-refractivity contribution in [3.05, 3.63) is 54.5 Å². The highest BCUT2D eigenvalue weighted by atomic mass is 32.2. The second-order valence-corrected chi connectivity index (χ2v) is 7.12. The van der Waals surface area contributed by atoms with E-state index in [9.17, 15) is 8.42 Å². The molecule has 6 nitrogen and oxygen atoms in total. The van der Waals surface area contributed by atoms with Gasteiger partial charge in [0.25, 0.3) is 10.0 Å². The molecular weight excluding hydrogens is 312 g/mol. The minimum absolute atomic E-state index is 0.227. The van der Waals surface area contributed by atoms with Crippen molar-refractivity contribution in [2.45, 2.75) is 25.2 Å². The Morgan fingerprint density at radius 1 is 1.09 bits per heavy atom. The van der Waals surface area contributed by atoms with E-state index in [1.807, 2.05) is 25.1 Å². The lowest BCUT2D eigenvalue weighted by atomic mass is 10.3. The van der Waals surface area contributed by atoms with Crippen LogP contribution < -0.4 is 4.31 Å². The molecule has 0 bridgehead atoms. The second kappa shape index (κ2) is 6.00. The molecular formula is C16H18N4O2S. The first-order valence-electron chi connectivity index (χ1n) is 7.43. The molecule has 1 aromatic carbocycles. The number of fused-ring (bicyclic) bond motifs is 1. The summed E-state index contributed by atoms with van der Waals surface area (Å²) in [5.41, 5.74) is 1.29. The molecule has 0 unspecified atom stereocenters. The van der Waals surface area contributed by atoms with Crippen molar-refractivity contribution >= 4 is 21.4 Å². The smallest absolute Gasteiger partial charge is 0.265 e. The monoisotopic (exact) mass is 330 g/mol. The van der Waals surface area contributed by atoms with Gasteiger partial charge in [-0.1, -0.05) is 25.1 Å². The van der Waals surface area contributed by atoms with Gasteiger partial charge >= 0.3 is 0 Å². The Balaban J connectivity index is 2.11. The van der Waals surface area contributed by atoms with E-state index in [0.29, 0.717) is 23.7 Å². The number of anilines is 1. The number of pyridine rings is 1. The zero-order valence-corrected chi connectivity index (χ0v) is 13.9. The number of aryl methyl sites for hydroxylation is 1. The van der Waals surface area contributed by atoms with Crippen molar-refractivity contribution < 1.29 is 8.42 Å². The highest BCUT2D eigenvalue weighted by Crippen LogP contribution is 2.24. The molecule has 0 saturated carbocycles. The highest BCUT2D eigenvalue weighted by Gasteiger charge is 2.25. The Morgan fingerprint density at radius 2 is 1.83 bits per heavy atom. The van der Waals surface area contributed by atoms with E-state index < -0.39 is 10.0 Å². The van der Waals surface area contributed by atoms with Crippen LogP contribution in [0.15, 0.2) is 53.6 Å². The van der Waals surface area contributed by atoms with Crippen molar-refractivity contribution in [1.82, 2.24) is 14.6 Å². The van der Waals surface area contributed by atoms with Gasteiger partial charge in [0, 0.05) is 12.7 Å². The zero-order chi connectivity index (χ0) is 16.4. The molecule has 0 saturated heterocycles. The van der Waals surface area contributed by atoms with Gasteiger partial charge in [0.05, 0.1) is 5.69 Å². The minimum atomic E-state index is -3.65. The van der Waals surface area contributed by atoms with Crippen LogP contribution in [0.25, 0.3) is 5.65 Å². The number of hydrogen-bond donors (Lipinski definition) is 0. The third kappa shape index (κ3) is 2.79. The first kappa shape index (κ1) is 15.5. The molecule has 0 radical (unpaired) electrons. The van der Waals surface area contributed by atoms with Crippen molar-refractivity contribution in [3.8, 4) is 0 Å². The number of benzene rings is 1. The van der Waals surface area contributed by atoms with Crippen LogP contribution in [-0.4, -0.2) is 29.6 Å². The number of aromatic nitrogens is 3. The van der Waals surface area contributed by atoms with Gasteiger partial charge in [-0.15, -0.1) is 10.2 Å². The van der Waals surface area contributed by atoms with Crippen LogP contribution in [0.2, 0.25) is 0 Å². The fourth-order valence-corrected chi connectivity index (χ4v) is 4.01. The average molecular weight is 330 g/mol. The van der Waals surface area contributed by atoms with Crippen molar-refractivity contribution in [2.24, 2.45) is 0 Å². The molecule has 0 aliphatic heterocycles. The summed E-state index contributed by atoms with van der Waals surface area (Å²) in [6.45, 7) is 4.17. The van der Waals surface area contributed by atoms with E-state index in [1.54, 1.807) is 41.8 Å². The van der Waals surface area contributed by atoms with Crippen LogP contribution in [-0.2, 0) is 10.0 Å². The lowest BCUT2D eigenvalue weighted by Gasteiger charge is -2.24. The molecule has 120 valence electrons. The highest BCUT2D eigenvalue weighted by molar-refractivity contribution is 7.92. The van der Waals surface area contributed by atoms with Gasteiger partial charge in [0.15, 0.2) is 5.65 Å². The van der Waals surface area contributed by atoms with Gasteiger partial charge < -0.3 is 0 Å². The first-order valence-corrected chi connectivity index (χ1v) is 8.87. The van der Waals surface area contributed by atoms with Crippen LogP contribution in [0, 0.1) is 6.92 Å². The van der Waals surface area contributed by atoms with Crippen molar-refractivity contribution in [2.75, 3.05) is 10.8 Å². The van der Waals surface area contributed by atoms with Crippen molar-refractivity contribution in [3.63, 3.8) is 0 Å². The Bertz CT molecular complexity index is 920. The number of nitrogens with zero attached hydrogens (tertiary/aromatic N) is 4. The standard InChI is InChI=1S/C16H18N4O2S/c1-3-11-20(14-7-5-4-6-8-14)23(21,22)15-9-10-16-18-17-13(2)19(16)12-15/h4-10,12H,3,11H2,1-2H3. The summed E-state index contributed by atoms with van der Waals surface area (Å²) in [6, 6.07) is 12.4. The summed E-state index contributed by atoms with van der Waals surface area (Å²) in [5, 5.41) is 7.95. The normalized spacial score (nSPS) is 11.7. The van der Waals surface area contributed by atoms with Crippen LogP contribution in [0.4, 0.5) is 5.69 Å². The van der Waals surface area contributed by atoms with Gasteiger partial charge in [-0.05, 0) is 37.6 Å². The Kier molecular flexibility index (Phi) is 4.04. The third-order valence-corrected chi connectivity index (χ3v) is 5.42. The molecule has 0 spiro atoms. The van der Waals surface area contributed by atoms with Crippen LogP contribution in [0.1, 0.15) is 19.2 Å². The molecule has 3 aromatic rings. The summed E-state index contributed by atoms with van der Waals surface area (Å²) < 4.78 is 29.3. The molecule has 0 fully saturated rings. The summed E-state index contributed by atoms with van der Waals surface area (Å²) in [6.07, 6.45) is 2.30. The average Bonchev–Trinajstić information content (AvgIpc) is 2.94. The Labute approximate surface area is 135 Å². The fraction of sp³-hybridized carbons (Fsp3) is 0.250. The van der Waals surface area contributed by atoms with Crippen LogP contribution >= 0.6 is 0 Å². The summed E-state index contributed by atoms with van der Waals surface area (Å²) in [7, 11) is -3.65. The van der Waals surface area contributed by atoms with Crippen LogP contribution in [0.3, 0.4) is 0 Å². The predicted octanol–water partition coefficient (Wildman–Crippen LogP) is 2.64. The van der Waals surface area contributed by atoms with Gasteiger partial charge in [-0.3, -0.25) is 8.71 Å². The SMILES string of the molecule is CCCN(c1ccccc1)S(=O)(=O)c1ccc2nnc(C)n2c1. The Morgan fingerprint density at radius 3 is 2.52 bits per heavy atom. The van der Waals surface area contributed by atoms with E-state index in [4.69, 9.17) is 0 Å². The second-order valence-electron chi connectivity index (χ2n) is 5.25. The molecule has 2 heterocycles. The van der Waals surface area contributed by atoms with Gasteiger partial charge in [0.1, 0.15) is 10.7 Å². The quantitative estimate of drug-likeness (QED) is 0.721. The van der Waals surface area contributed by atoms with E-state index in [0.717, 1.165) is 6.42 Å². The summed E-state index contributed by atoms with van der Waals surface area (Å²) >= 11 is 0. The van der Waals surface area contributed by atoms with E-state index >= 15 is 0 Å². The maximum Gasteiger partial charge on any atom is 0.265 e. The van der Waals surface area contributed by atoms with Gasteiger partial charge in [-0.2, -0.15) is 0 Å². The van der Waals surface area contributed by atoms with E-state index in [2.05, 4.69) is 10.2 Å². The Hall–Kier alpha value is -2.41. The number of hydrogen-bond acceptors (Lipinski definition) is 4. The van der Waals surface area contributed by atoms with Gasteiger partial charge in [0.2, 0.25) is 0 Å². The predicted molar refractivity (Wildman–Crippen MR) is 89.0 cm³/mol. The fourth-order valence-electron chi connectivity index (χ4n) is 2.45. The lowest BCUT2D eigenvalue weighted by molar-refractivity contribution is 0.589. The number of para-hydroxylation sites is 1. The topological polar surface area (TPSA) is 67.6 Å². The number of rotatable bonds is 5. The third-order valence-electron chi connectivity index (χ3n) is 3.60. The van der Waals surface area contributed by atoms with Crippen LogP contribution in [0.5, 0.6) is 0 Å². The molecule has 0 atom stereocenters. The molecule has 2 aromatic heterocycles. The molecule has 0 amide bonds. The molecule has 0 N–H and O–H groups in total.